The molecule has 0 unspecified atom stereocenters. The van der Waals surface area contributed by atoms with Gasteiger partial charge in [-0.3, -0.25) is 0 Å². The number of fused-ring (bicyclic) bond motifs is 1. The molecule has 36 heavy (non-hydrogen) atoms. The third-order valence-corrected chi connectivity index (χ3v) is 6.94. The molecule has 3 aromatic heterocycles. The lowest BCUT2D eigenvalue weighted by Crippen LogP contribution is -2.25. The first-order chi connectivity index (χ1) is 17.5. The summed E-state index contributed by atoms with van der Waals surface area (Å²) < 4.78 is 7.67. The number of imidazole rings is 1. The van der Waals surface area contributed by atoms with Crippen LogP contribution in [0.5, 0.6) is 0 Å². The molecular weight excluding hydrogens is 452 g/mol. The van der Waals surface area contributed by atoms with E-state index in [4.69, 9.17) is 20.9 Å². The Morgan fingerprint density at radius 2 is 1.58 bits per heavy atom. The lowest BCUT2D eigenvalue weighted by atomic mass is 9.85. The van der Waals surface area contributed by atoms with Crippen LogP contribution in [0.3, 0.4) is 0 Å². The van der Waals surface area contributed by atoms with Gasteiger partial charge in [-0.15, -0.1) is 15.3 Å². The third kappa shape index (κ3) is 4.18. The Balaban J connectivity index is 1.27. The highest BCUT2D eigenvalue weighted by molar-refractivity contribution is 5.80. The van der Waals surface area contributed by atoms with Crippen molar-refractivity contribution in [3.63, 3.8) is 0 Å². The standard InChI is InChI=1S/C27H28N8O/c1-16-23(25-31-22(15-35(25)34-24(16)29)17-7-11-20(28)12-8-17)30-21-13-9-19(10-14-21)27-33-32-26(36-27)18-5-3-2-4-6-18/h2-6,9-10,13-15,17,20,30H,7-8,11-12,28H2,1H3,(H2,29,34)/t17-,20-. The van der Waals surface area contributed by atoms with Gasteiger partial charge in [0.2, 0.25) is 11.8 Å². The van der Waals surface area contributed by atoms with Crippen LogP contribution in [-0.2, 0) is 0 Å². The van der Waals surface area contributed by atoms with Gasteiger partial charge in [0.1, 0.15) is 5.82 Å². The molecule has 0 saturated heterocycles. The third-order valence-electron chi connectivity index (χ3n) is 6.94. The van der Waals surface area contributed by atoms with Crippen LogP contribution < -0.4 is 16.8 Å². The van der Waals surface area contributed by atoms with E-state index in [1.165, 1.54) is 0 Å². The number of aromatic nitrogens is 5. The number of nitrogens with two attached hydrogens (primary N) is 2. The molecule has 0 aliphatic heterocycles. The number of hydrogen-bond donors (Lipinski definition) is 3. The van der Waals surface area contributed by atoms with Crippen LogP contribution in [0.2, 0.25) is 0 Å². The molecule has 6 rings (SSSR count). The van der Waals surface area contributed by atoms with Gasteiger partial charge >= 0.3 is 0 Å². The lowest BCUT2D eigenvalue weighted by molar-refractivity contribution is 0.391. The molecular formula is C27H28N8O. The first-order valence-corrected chi connectivity index (χ1v) is 12.2. The molecule has 1 aliphatic carbocycles. The maximum Gasteiger partial charge on any atom is 0.248 e. The minimum absolute atomic E-state index is 0.298. The number of anilines is 3. The average molecular weight is 481 g/mol. The van der Waals surface area contributed by atoms with E-state index in [9.17, 15) is 0 Å². The first kappa shape index (κ1) is 22.2. The predicted octanol–water partition coefficient (Wildman–Crippen LogP) is 5.07. The Morgan fingerprint density at radius 1 is 0.917 bits per heavy atom. The molecule has 1 aliphatic rings. The second-order valence-electron chi connectivity index (χ2n) is 9.41. The molecule has 0 bridgehead atoms. The van der Waals surface area contributed by atoms with E-state index in [1.54, 1.807) is 4.52 Å². The van der Waals surface area contributed by atoms with Crippen molar-refractivity contribution in [1.29, 1.82) is 0 Å². The number of nitrogens with one attached hydrogen (secondary N) is 1. The van der Waals surface area contributed by atoms with E-state index in [0.717, 1.165) is 65.1 Å². The Bertz CT molecular complexity index is 1500. The molecule has 5 N–H and O–H groups in total. The monoisotopic (exact) mass is 480 g/mol. The molecule has 1 saturated carbocycles. The molecule has 0 amide bonds. The molecule has 2 aromatic carbocycles. The predicted molar refractivity (Wildman–Crippen MR) is 140 cm³/mol. The molecule has 3 heterocycles. The Morgan fingerprint density at radius 3 is 2.28 bits per heavy atom. The van der Waals surface area contributed by atoms with Crippen LogP contribution in [0.4, 0.5) is 17.2 Å². The smallest absolute Gasteiger partial charge is 0.248 e. The van der Waals surface area contributed by atoms with Crippen LogP contribution >= 0.6 is 0 Å². The van der Waals surface area contributed by atoms with Gasteiger partial charge < -0.3 is 21.2 Å². The second-order valence-corrected chi connectivity index (χ2v) is 9.41. The topological polar surface area (TPSA) is 133 Å². The molecule has 1 fully saturated rings. The second kappa shape index (κ2) is 9.09. The largest absolute Gasteiger partial charge is 0.416 e. The van der Waals surface area contributed by atoms with Gasteiger partial charge in [0.15, 0.2) is 5.65 Å². The van der Waals surface area contributed by atoms with Crippen LogP contribution in [0.25, 0.3) is 28.6 Å². The van der Waals surface area contributed by atoms with Gasteiger partial charge in [-0.1, -0.05) is 18.2 Å². The van der Waals surface area contributed by atoms with Crippen molar-refractivity contribution in [3.8, 4) is 22.9 Å². The highest BCUT2D eigenvalue weighted by atomic mass is 16.4. The van der Waals surface area contributed by atoms with Gasteiger partial charge in [0.05, 0.1) is 17.6 Å². The summed E-state index contributed by atoms with van der Waals surface area (Å²) in [5.41, 5.74) is 18.5. The average Bonchev–Trinajstić information content (AvgIpc) is 3.56. The van der Waals surface area contributed by atoms with Crippen molar-refractivity contribution in [3.05, 3.63) is 72.1 Å². The minimum atomic E-state index is 0.298. The fourth-order valence-corrected chi connectivity index (χ4v) is 4.76. The van der Waals surface area contributed by atoms with E-state index in [2.05, 4.69) is 20.6 Å². The lowest BCUT2D eigenvalue weighted by Gasteiger charge is -2.24. The summed E-state index contributed by atoms with van der Waals surface area (Å²) in [5.74, 6) is 1.83. The Kier molecular flexibility index (Phi) is 5.61. The Labute approximate surface area is 208 Å². The van der Waals surface area contributed by atoms with Gasteiger partial charge in [-0.05, 0) is 69.0 Å². The van der Waals surface area contributed by atoms with E-state index < -0.39 is 0 Å². The van der Waals surface area contributed by atoms with Crippen LogP contribution in [0.15, 0.2) is 65.2 Å². The van der Waals surface area contributed by atoms with Gasteiger partial charge in [0, 0.05) is 34.3 Å². The fraction of sp³-hybridized carbons (Fsp3) is 0.259. The molecule has 0 radical (unpaired) electrons. The first-order valence-electron chi connectivity index (χ1n) is 12.2. The summed E-state index contributed by atoms with van der Waals surface area (Å²) in [4.78, 5) is 4.96. The van der Waals surface area contributed by atoms with Crippen LogP contribution in [0, 0.1) is 6.92 Å². The maximum atomic E-state index is 6.25. The maximum absolute atomic E-state index is 6.25. The van der Waals surface area contributed by atoms with Crippen LogP contribution in [-0.4, -0.2) is 30.8 Å². The summed E-state index contributed by atoms with van der Waals surface area (Å²) in [6, 6.07) is 17.9. The van der Waals surface area contributed by atoms with Gasteiger partial charge in [-0.25, -0.2) is 9.50 Å². The number of benzene rings is 2. The zero-order valence-electron chi connectivity index (χ0n) is 20.1. The quantitative estimate of drug-likeness (QED) is 0.318. The van der Waals surface area contributed by atoms with E-state index in [-0.39, 0.29) is 0 Å². The highest BCUT2D eigenvalue weighted by Gasteiger charge is 2.24. The van der Waals surface area contributed by atoms with Gasteiger partial charge in [0.25, 0.3) is 0 Å². The number of nitrogens with zero attached hydrogens (tertiary/aromatic N) is 5. The van der Waals surface area contributed by atoms with Crippen molar-refractivity contribution in [2.24, 2.45) is 5.73 Å². The van der Waals surface area contributed by atoms with E-state index in [0.29, 0.717) is 29.6 Å². The summed E-state index contributed by atoms with van der Waals surface area (Å²) in [5, 5.41) is 16.4. The van der Waals surface area contributed by atoms with Crippen molar-refractivity contribution in [1.82, 2.24) is 24.8 Å². The van der Waals surface area contributed by atoms with Crippen LogP contribution in [0.1, 0.15) is 42.9 Å². The molecule has 9 nitrogen and oxygen atoms in total. The zero-order valence-corrected chi connectivity index (χ0v) is 20.1. The number of nitrogen functional groups attached to an aromatic ring is 1. The zero-order chi connectivity index (χ0) is 24.6. The van der Waals surface area contributed by atoms with Crippen molar-refractivity contribution < 1.29 is 4.42 Å². The molecule has 9 heteroatoms. The SMILES string of the molecule is Cc1c(N)nn2cc([C@H]3CC[C@H](N)CC3)nc2c1Nc1ccc(-c2nnc(-c3ccccc3)o2)cc1. The highest BCUT2D eigenvalue weighted by Crippen LogP contribution is 2.35. The van der Waals surface area contributed by atoms with Crippen molar-refractivity contribution >= 4 is 22.8 Å². The summed E-state index contributed by atoms with van der Waals surface area (Å²) in [6.07, 6.45) is 6.15. The summed E-state index contributed by atoms with van der Waals surface area (Å²) >= 11 is 0. The molecule has 5 aromatic rings. The van der Waals surface area contributed by atoms with Crippen molar-refractivity contribution in [2.45, 2.75) is 44.6 Å². The van der Waals surface area contributed by atoms with E-state index >= 15 is 0 Å². The van der Waals surface area contributed by atoms with Crippen molar-refractivity contribution in [2.75, 3.05) is 11.1 Å². The minimum Gasteiger partial charge on any atom is -0.416 e. The Hall–Kier alpha value is -4.24. The molecule has 182 valence electrons. The number of rotatable bonds is 5. The van der Waals surface area contributed by atoms with E-state index in [1.807, 2.05) is 67.7 Å². The molecule has 0 spiro atoms. The summed E-state index contributed by atoms with van der Waals surface area (Å²) in [6.45, 7) is 1.95. The summed E-state index contributed by atoms with van der Waals surface area (Å²) in [7, 11) is 0. The normalized spacial score (nSPS) is 17.9. The van der Waals surface area contributed by atoms with Gasteiger partial charge in [-0.2, -0.15) is 0 Å². The number of hydrogen-bond acceptors (Lipinski definition) is 8. The molecule has 0 atom stereocenters. The fourth-order valence-electron chi connectivity index (χ4n) is 4.76.